The smallest absolute Gasteiger partial charge is 0.113 e. The SMILES string of the molecule is CC[SiH]1C=CC=C1C12CCCCC1O2. The summed E-state index contributed by atoms with van der Waals surface area (Å²) in [6, 6.07) is 1.36. The molecule has 0 aromatic heterocycles. The third kappa shape index (κ3) is 1.10. The fourth-order valence-corrected chi connectivity index (χ4v) is 5.86. The average molecular weight is 206 g/mol. The molecular formula is C12H18OSi. The average Bonchev–Trinajstić information content (AvgIpc) is 2.78. The number of hydrogen-bond acceptors (Lipinski definition) is 1. The van der Waals surface area contributed by atoms with Crippen LogP contribution in [0.15, 0.2) is 23.0 Å². The van der Waals surface area contributed by atoms with E-state index >= 15 is 0 Å². The van der Waals surface area contributed by atoms with Crippen molar-refractivity contribution in [3.05, 3.63) is 23.0 Å². The Kier molecular flexibility index (Phi) is 1.96. The van der Waals surface area contributed by atoms with Gasteiger partial charge in [-0.3, -0.25) is 0 Å². The lowest BCUT2D eigenvalue weighted by atomic mass is 9.88. The van der Waals surface area contributed by atoms with E-state index in [-0.39, 0.29) is 5.60 Å². The standard InChI is InChI=1S/C12H18OSi/c1-2-14-9-5-7-11(14)12-8-4-3-6-10(12)13-12/h5,7,9-10,14H,2-4,6,8H2,1H3. The van der Waals surface area contributed by atoms with Gasteiger partial charge >= 0.3 is 0 Å². The van der Waals surface area contributed by atoms with Crippen LogP contribution in [0.5, 0.6) is 0 Å². The zero-order valence-electron chi connectivity index (χ0n) is 8.83. The molecule has 2 heteroatoms. The predicted octanol–water partition coefficient (Wildman–Crippen LogP) is 2.52. The van der Waals surface area contributed by atoms with Crippen LogP contribution in [0.2, 0.25) is 6.04 Å². The van der Waals surface area contributed by atoms with Crippen LogP contribution in [0.4, 0.5) is 0 Å². The Bertz CT molecular complexity index is 307. The molecule has 2 fully saturated rings. The number of ether oxygens (including phenoxy) is 1. The molecule has 2 aliphatic heterocycles. The molecule has 1 saturated carbocycles. The van der Waals surface area contributed by atoms with Crippen LogP contribution in [0.25, 0.3) is 0 Å². The molecule has 0 aromatic carbocycles. The zero-order chi connectivity index (χ0) is 9.60. The Morgan fingerprint density at radius 1 is 1.57 bits per heavy atom. The molecule has 0 spiro atoms. The van der Waals surface area contributed by atoms with Crippen molar-refractivity contribution in [3.8, 4) is 0 Å². The zero-order valence-corrected chi connectivity index (χ0v) is 9.99. The molecule has 0 radical (unpaired) electrons. The first-order chi connectivity index (χ1) is 6.87. The van der Waals surface area contributed by atoms with E-state index in [1.54, 1.807) is 5.20 Å². The molecule has 1 aliphatic carbocycles. The van der Waals surface area contributed by atoms with E-state index in [2.05, 4.69) is 24.8 Å². The molecule has 0 bridgehead atoms. The Morgan fingerprint density at radius 2 is 2.50 bits per heavy atom. The highest BCUT2D eigenvalue weighted by Crippen LogP contribution is 2.54. The quantitative estimate of drug-likeness (QED) is 0.499. The first-order valence-corrected chi connectivity index (χ1v) is 7.99. The topological polar surface area (TPSA) is 12.5 Å². The van der Waals surface area contributed by atoms with E-state index in [0.29, 0.717) is 6.10 Å². The molecule has 0 N–H and O–H groups in total. The minimum atomic E-state index is -0.718. The highest BCUT2D eigenvalue weighted by molar-refractivity contribution is 6.73. The molecule has 3 rings (SSSR count). The van der Waals surface area contributed by atoms with Gasteiger partial charge in [-0.25, -0.2) is 0 Å². The van der Waals surface area contributed by atoms with Gasteiger partial charge in [-0.1, -0.05) is 43.7 Å². The van der Waals surface area contributed by atoms with E-state index in [1.807, 2.05) is 0 Å². The summed E-state index contributed by atoms with van der Waals surface area (Å²) in [7, 11) is -0.718. The van der Waals surface area contributed by atoms with Gasteiger partial charge in [0.1, 0.15) is 5.60 Å². The third-order valence-electron chi connectivity index (χ3n) is 4.03. The predicted molar refractivity (Wildman–Crippen MR) is 60.9 cm³/mol. The second-order valence-corrected chi connectivity index (χ2v) is 7.80. The summed E-state index contributed by atoms with van der Waals surface area (Å²) in [6.45, 7) is 2.33. The summed E-state index contributed by atoms with van der Waals surface area (Å²) in [5.74, 6) is 0. The van der Waals surface area contributed by atoms with Crippen LogP contribution in [0, 0.1) is 0 Å². The first kappa shape index (κ1) is 8.92. The van der Waals surface area contributed by atoms with Gasteiger partial charge < -0.3 is 4.74 Å². The van der Waals surface area contributed by atoms with Gasteiger partial charge in [0.15, 0.2) is 0 Å². The van der Waals surface area contributed by atoms with Crippen LogP contribution < -0.4 is 0 Å². The van der Waals surface area contributed by atoms with Crippen LogP contribution in [-0.2, 0) is 4.74 Å². The Balaban J connectivity index is 1.83. The number of fused-ring (bicyclic) bond motifs is 1. The van der Waals surface area contributed by atoms with Crippen molar-refractivity contribution in [1.29, 1.82) is 0 Å². The fourth-order valence-electron chi connectivity index (χ4n) is 3.18. The Morgan fingerprint density at radius 3 is 3.29 bits per heavy atom. The molecule has 76 valence electrons. The molecule has 0 amide bonds. The highest BCUT2D eigenvalue weighted by atomic mass is 28.3. The van der Waals surface area contributed by atoms with E-state index in [1.165, 1.54) is 31.7 Å². The van der Waals surface area contributed by atoms with Crippen LogP contribution in [0.3, 0.4) is 0 Å². The van der Waals surface area contributed by atoms with E-state index in [4.69, 9.17) is 4.74 Å². The molecule has 3 aliphatic rings. The van der Waals surface area contributed by atoms with Crippen molar-refractivity contribution < 1.29 is 4.74 Å². The lowest BCUT2D eigenvalue weighted by Crippen LogP contribution is -2.29. The monoisotopic (exact) mass is 206 g/mol. The molecule has 3 atom stereocenters. The normalized spacial score (nSPS) is 44.8. The lowest BCUT2D eigenvalue weighted by Gasteiger charge is -2.22. The minimum absolute atomic E-state index is 0.259. The molecule has 1 saturated heterocycles. The van der Waals surface area contributed by atoms with Gasteiger partial charge in [-0.15, -0.1) is 0 Å². The van der Waals surface area contributed by atoms with Crippen molar-refractivity contribution in [2.24, 2.45) is 0 Å². The van der Waals surface area contributed by atoms with Gasteiger partial charge in [0.25, 0.3) is 0 Å². The maximum Gasteiger partial charge on any atom is 0.113 e. The number of allylic oxidation sites excluding steroid dienone is 2. The second-order valence-electron chi connectivity index (χ2n) is 4.76. The van der Waals surface area contributed by atoms with Gasteiger partial charge in [0, 0.05) is 0 Å². The van der Waals surface area contributed by atoms with Crippen molar-refractivity contribution in [3.63, 3.8) is 0 Å². The van der Waals surface area contributed by atoms with Crippen molar-refractivity contribution in [1.82, 2.24) is 0 Å². The third-order valence-corrected chi connectivity index (χ3v) is 7.07. The van der Waals surface area contributed by atoms with Crippen molar-refractivity contribution in [2.75, 3.05) is 0 Å². The van der Waals surface area contributed by atoms with E-state index in [0.717, 1.165) is 0 Å². The van der Waals surface area contributed by atoms with Gasteiger partial charge in [-0.05, 0) is 18.0 Å². The number of rotatable bonds is 2. The van der Waals surface area contributed by atoms with Gasteiger partial charge in [-0.2, -0.15) is 0 Å². The lowest BCUT2D eigenvalue weighted by molar-refractivity contribution is 0.324. The van der Waals surface area contributed by atoms with Crippen molar-refractivity contribution >= 4 is 8.80 Å². The molecular weight excluding hydrogens is 188 g/mol. The van der Waals surface area contributed by atoms with E-state index in [9.17, 15) is 0 Å². The summed E-state index contributed by atoms with van der Waals surface area (Å²) in [6.07, 6.45) is 10.6. The Hall–Kier alpha value is -0.343. The summed E-state index contributed by atoms with van der Waals surface area (Å²) < 4.78 is 6.01. The highest BCUT2D eigenvalue weighted by Gasteiger charge is 2.60. The second kappa shape index (κ2) is 3.07. The molecule has 3 unspecified atom stereocenters. The van der Waals surface area contributed by atoms with Crippen molar-refractivity contribution in [2.45, 2.75) is 50.4 Å². The van der Waals surface area contributed by atoms with Crippen LogP contribution >= 0.6 is 0 Å². The van der Waals surface area contributed by atoms with Crippen LogP contribution in [0.1, 0.15) is 32.6 Å². The maximum absolute atomic E-state index is 6.01. The fraction of sp³-hybridized carbons (Fsp3) is 0.667. The Labute approximate surface area is 87.4 Å². The molecule has 1 nitrogen and oxygen atoms in total. The number of hydrogen-bond donors (Lipinski definition) is 0. The summed E-state index contributed by atoms with van der Waals surface area (Å²) >= 11 is 0. The molecule has 2 heterocycles. The number of epoxide rings is 1. The molecule has 14 heavy (non-hydrogen) atoms. The minimum Gasteiger partial charge on any atom is -0.362 e. The largest absolute Gasteiger partial charge is 0.362 e. The van der Waals surface area contributed by atoms with E-state index < -0.39 is 8.80 Å². The van der Waals surface area contributed by atoms with Gasteiger partial charge in [0.2, 0.25) is 0 Å². The van der Waals surface area contributed by atoms with Gasteiger partial charge in [0.05, 0.1) is 14.9 Å². The summed E-state index contributed by atoms with van der Waals surface area (Å²) in [4.78, 5) is 0. The maximum atomic E-state index is 6.01. The first-order valence-electron chi connectivity index (χ1n) is 5.93. The summed E-state index contributed by atoms with van der Waals surface area (Å²) in [5.41, 5.74) is 2.73. The molecule has 0 aromatic rings. The summed E-state index contributed by atoms with van der Waals surface area (Å²) in [5, 5.41) is 1.71. The van der Waals surface area contributed by atoms with Crippen LogP contribution in [-0.4, -0.2) is 20.5 Å².